The lowest BCUT2D eigenvalue weighted by molar-refractivity contribution is -0.129. The smallest absolute Gasteiger partial charge is 0.341 e. The van der Waals surface area contributed by atoms with Crippen LogP contribution in [0.15, 0.2) is 47.5 Å². The SMILES string of the molecule is CC(=O)N1CCc2c(cn(-c3cc4ccccc4cn3)c(=O)c2C(=O)O)C1. The molecule has 3 heterocycles. The largest absolute Gasteiger partial charge is 0.477 e. The van der Waals surface area contributed by atoms with E-state index in [1.54, 1.807) is 23.4 Å². The van der Waals surface area contributed by atoms with Gasteiger partial charge in [-0.2, -0.15) is 0 Å². The molecule has 0 aliphatic carbocycles. The van der Waals surface area contributed by atoms with E-state index >= 15 is 0 Å². The molecule has 4 rings (SSSR count). The molecule has 136 valence electrons. The van der Waals surface area contributed by atoms with Gasteiger partial charge in [0.1, 0.15) is 11.4 Å². The Morgan fingerprint density at radius 2 is 1.93 bits per heavy atom. The highest BCUT2D eigenvalue weighted by atomic mass is 16.4. The number of carbonyl (C=O) groups is 2. The highest BCUT2D eigenvalue weighted by molar-refractivity contribution is 5.90. The molecule has 0 unspecified atom stereocenters. The van der Waals surface area contributed by atoms with Gasteiger partial charge in [0, 0.05) is 37.8 Å². The van der Waals surface area contributed by atoms with Crippen LogP contribution in [0.4, 0.5) is 0 Å². The first kappa shape index (κ1) is 17.0. The third-order valence-corrected chi connectivity index (χ3v) is 4.92. The summed E-state index contributed by atoms with van der Waals surface area (Å²) < 4.78 is 1.26. The summed E-state index contributed by atoms with van der Waals surface area (Å²) in [5, 5.41) is 11.4. The molecule has 0 bridgehead atoms. The summed E-state index contributed by atoms with van der Waals surface area (Å²) in [4.78, 5) is 42.4. The predicted molar refractivity (Wildman–Crippen MR) is 99.1 cm³/mol. The van der Waals surface area contributed by atoms with Crippen LogP contribution < -0.4 is 5.56 Å². The number of carboxylic acids is 1. The fourth-order valence-electron chi connectivity index (χ4n) is 3.52. The minimum Gasteiger partial charge on any atom is -0.477 e. The summed E-state index contributed by atoms with van der Waals surface area (Å²) in [7, 11) is 0. The van der Waals surface area contributed by atoms with Crippen LogP contribution in [0.25, 0.3) is 16.6 Å². The Balaban J connectivity index is 1.93. The van der Waals surface area contributed by atoms with Crippen molar-refractivity contribution < 1.29 is 14.7 Å². The highest BCUT2D eigenvalue weighted by Gasteiger charge is 2.27. The van der Waals surface area contributed by atoms with Crippen molar-refractivity contribution in [3.8, 4) is 5.82 Å². The third-order valence-electron chi connectivity index (χ3n) is 4.92. The first-order valence-electron chi connectivity index (χ1n) is 8.57. The van der Waals surface area contributed by atoms with Crippen molar-refractivity contribution >= 4 is 22.6 Å². The molecule has 3 aromatic rings. The number of fused-ring (bicyclic) bond motifs is 2. The fraction of sp³-hybridized carbons (Fsp3) is 0.200. The van der Waals surface area contributed by atoms with Crippen LogP contribution in [0.1, 0.15) is 28.4 Å². The number of nitrogens with zero attached hydrogens (tertiary/aromatic N) is 3. The van der Waals surface area contributed by atoms with Gasteiger partial charge in [-0.1, -0.05) is 24.3 Å². The van der Waals surface area contributed by atoms with E-state index in [0.29, 0.717) is 29.9 Å². The van der Waals surface area contributed by atoms with Gasteiger partial charge in [0.15, 0.2) is 0 Å². The molecule has 0 fully saturated rings. The lowest BCUT2D eigenvalue weighted by Gasteiger charge is -2.29. The van der Waals surface area contributed by atoms with E-state index in [2.05, 4.69) is 4.98 Å². The molecule has 0 atom stereocenters. The number of hydrogen-bond acceptors (Lipinski definition) is 4. The van der Waals surface area contributed by atoms with Gasteiger partial charge in [0.2, 0.25) is 5.91 Å². The van der Waals surface area contributed by atoms with E-state index in [4.69, 9.17) is 0 Å². The van der Waals surface area contributed by atoms with Crippen molar-refractivity contribution in [2.45, 2.75) is 19.9 Å². The van der Waals surface area contributed by atoms with Crippen LogP contribution in [0, 0.1) is 0 Å². The number of aromatic carboxylic acids is 1. The summed E-state index contributed by atoms with van der Waals surface area (Å²) in [5.74, 6) is -0.995. The Morgan fingerprint density at radius 3 is 2.63 bits per heavy atom. The van der Waals surface area contributed by atoms with E-state index in [1.165, 1.54) is 11.5 Å². The molecule has 1 aliphatic rings. The average Bonchev–Trinajstić information content (AvgIpc) is 2.66. The van der Waals surface area contributed by atoms with E-state index in [1.807, 2.05) is 24.3 Å². The average molecular weight is 363 g/mol. The minimum atomic E-state index is -1.26. The Morgan fingerprint density at radius 1 is 1.19 bits per heavy atom. The van der Waals surface area contributed by atoms with Crippen LogP contribution in [0.5, 0.6) is 0 Å². The molecule has 1 N–H and O–H groups in total. The van der Waals surface area contributed by atoms with Gasteiger partial charge < -0.3 is 10.0 Å². The monoisotopic (exact) mass is 363 g/mol. The van der Waals surface area contributed by atoms with Crippen molar-refractivity contribution in [1.29, 1.82) is 0 Å². The van der Waals surface area contributed by atoms with Crippen LogP contribution in [0.3, 0.4) is 0 Å². The van der Waals surface area contributed by atoms with Crippen molar-refractivity contribution in [1.82, 2.24) is 14.5 Å². The number of rotatable bonds is 2. The quantitative estimate of drug-likeness (QED) is 0.752. The molecule has 1 amide bonds. The zero-order valence-electron chi connectivity index (χ0n) is 14.7. The Labute approximate surface area is 154 Å². The number of hydrogen-bond donors (Lipinski definition) is 1. The number of carboxylic acid groups (broad SMARTS) is 1. The van der Waals surface area contributed by atoms with Gasteiger partial charge in [0.05, 0.1) is 0 Å². The first-order valence-corrected chi connectivity index (χ1v) is 8.57. The molecule has 2 aromatic heterocycles. The minimum absolute atomic E-state index is 0.0842. The molecule has 0 saturated heterocycles. The topological polar surface area (TPSA) is 92.5 Å². The van der Waals surface area contributed by atoms with Gasteiger partial charge in [-0.25, -0.2) is 9.78 Å². The molecule has 7 heteroatoms. The number of amides is 1. The lowest BCUT2D eigenvalue weighted by Crippen LogP contribution is -2.38. The van der Waals surface area contributed by atoms with Crippen molar-refractivity contribution in [2.24, 2.45) is 0 Å². The molecule has 7 nitrogen and oxygen atoms in total. The van der Waals surface area contributed by atoms with E-state index in [9.17, 15) is 19.5 Å². The lowest BCUT2D eigenvalue weighted by atomic mass is 9.96. The highest BCUT2D eigenvalue weighted by Crippen LogP contribution is 2.23. The predicted octanol–water partition coefficient (Wildman–Crippen LogP) is 1.99. The maximum atomic E-state index is 12.9. The maximum absolute atomic E-state index is 12.9. The summed E-state index contributed by atoms with van der Waals surface area (Å²) in [6, 6.07) is 9.35. The summed E-state index contributed by atoms with van der Waals surface area (Å²) >= 11 is 0. The van der Waals surface area contributed by atoms with Gasteiger partial charge in [0.25, 0.3) is 5.56 Å². The van der Waals surface area contributed by atoms with Crippen LogP contribution in [-0.2, 0) is 17.8 Å². The molecule has 0 radical (unpaired) electrons. The Hall–Kier alpha value is -3.48. The standard InChI is InChI=1S/C20H17N3O4/c1-12(24)22-7-6-16-15(10-22)11-23(19(25)18(16)20(26)27)17-8-13-4-2-3-5-14(13)9-21-17/h2-5,8-9,11H,6-7,10H2,1H3,(H,26,27). The molecular formula is C20H17N3O4. The summed E-state index contributed by atoms with van der Waals surface area (Å²) in [6.45, 7) is 2.16. The molecule has 27 heavy (non-hydrogen) atoms. The zero-order valence-corrected chi connectivity index (χ0v) is 14.7. The van der Waals surface area contributed by atoms with E-state index in [0.717, 1.165) is 10.8 Å². The van der Waals surface area contributed by atoms with E-state index < -0.39 is 11.5 Å². The molecule has 1 aliphatic heterocycles. The number of benzene rings is 1. The Kier molecular flexibility index (Phi) is 3.99. The van der Waals surface area contributed by atoms with Gasteiger partial charge in [-0.05, 0) is 29.0 Å². The van der Waals surface area contributed by atoms with Crippen molar-refractivity contribution in [3.05, 3.63) is 69.8 Å². The van der Waals surface area contributed by atoms with Crippen molar-refractivity contribution in [2.75, 3.05) is 6.54 Å². The second-order valence-corrected chi connectivity index (χ2v) is 6.57. The number of carbonyl (C=O) groups excluding carboxylic acids is 1. The summed E-state index contributed by atoms with van der Waals surface area (Å²) in [6.07, 6.45) is 3.60. The molecule has 0 spiro atoms. The fourth-order valence-corrected chi connectivity index (χ4v) is 3.52. The molecular weight excluding hydrogens is 346 g/mol. The zero-order chi connectivity index (χ0) is 19.1. The number of pyridine rings is 2. The van der Waals surface area contributed by atoms with Gasteiger partial charge >= 0.3 is 5.97 Å². The van der Waals surface area contributed by atoms with Crippen molar-refractivity contribution in [3.63, 3.8) is 0 Å². The molecule has 0 saturated carbocycles. The molecule has 1 aromatic carbocycles. The van der Waals surface area contributed by atoms with Crippen LogP contribution in [0.2, 0.25) is 0 Å². The maximum Gasteiger partial charge on any atom is 0.341 e. The van der Waals surface area contributed by atoms with E-state index in [-0.39, 0.29) is 18.0 Å². The second-order valence-electron chi connectivity index (χ2n) is 6.57. The normalized spacial score (nSPS) is 13.4. The van der Waals surface area contributed by atoms with Gasteiger partial charge in [-0.3, -0.25) is 14.2 Å². The van der Waals surface area contributed by atoms with Crippen LogP contribution >= 0.6 is 0 Å². The third kappa shape index (κ3) is 2.87. The Bertz CT molecular complexity index is 1150. The number of aromatic nitrogens is 2. The second kappa shape index (κ2) is 6.35. The van der Waals surface area contributed by atoms with Gasteiger partial charge in [-0.15, -0.1) is 0 Å². The van der Waals surface area contributed by atoms with Crippen LogP contribution in [-0.4, -0.2) is 38.0 Å². The first-order chi connectivity index (χ1) is 13.0. The summed E-state index contributed by atoms with van der Waals surface area (Å²) in [5.41, 5.74) is 0.302.